The molecule has 2 heterocycles. The van der Waals surface area contributed by atoms with Crippen LogP contribution in [0, 0.1) is 0 Å². The summed E-state index contributed by atoms with van der Waals surface area (Å²) in [5.41, 5.74) is 0.625. The van der Waals surface area contributed by atoms with Crippen LogP contribution in [-0.4, -0.2) is 22.9 Å². The van der Waals surface area contributed by atoms with Crippen molar-refractivity contribution in [3.8, 4) is 0 Å². The molecule has 0 radical (unpaired) electrons. The van der Waals surface area contributed by atoms with Gasteiger partial charge in [-0.2, -0.15) is 0 Å². The number of carbonyl (C=O) groups is 2. The van der Waals surface area contributed by atoms with Gasteiger partial charge in [0.1, 0.15) is 4.88 Å². The fourth-order valence-electron chi connectivity index (χ4n) is 2.72. The Morgan fingerprint density at radius 3 is 2.61 bits per heavy atom. The number of ether oxygens (including phenoxy) is 1. The molecule has 3 rings (SSSR count). The maximum Gasteiger partial charge on any atom is 0.349 e. The number of hydrogen-bond acceptors (Lipinski definition) is 5. The van der Waals surface area contributed by atoms with Crippen LogP contribution >= 0.6 is 11.3 Å². The van der Waals surface area contributed by atoms with Gasteiger partial charge in [0.25, 0.3) is 5.91 Å². The smallest absolute Gasteiger partial charge is 0.349 e. The summed E-state index contributed by atoms with van der Waals surface area (Å²) in [6.45, 7) is 0. The molecule has 1 aliphatic carbocycles. The molecule has 2 aromatic rings. The second-order valence-corrected chi connectivity index (χ2v) is 6.48. The standard InChI is InChI=1S/C17H18N2O3S/c20-16(19-13-4-1-2-5-13)15(12-7-9-18-10-8-12)22-17(21)14-6-3-11-23-14/h3,6-11,13,15H,1-2,4-5H2,(H,19,20)/t15-/m1/s1. The number of pyridine rings is 1. The van der Waals surface area contributed by atoms with Crippen molar-refractivity contribution in [2.45, 2.75) is 37.8 Å². The van der Waals surface area contributed by atoms with E-state index in [1.807, 2.05) is 0 Å². The van der Waals surface area contributed by atoms with Crippen molar-refractivity contribution >= 4 is 23.2 Å². The summed E-state index contributed by atoms with van der Waals surface area (Å²) in [5, 5.41) is 4.80. The second-order valence-electron chi connectivity index (χ2n) is 5.53. The van der Waals surface area contributed by atoms with E-state index in [-0.39, 0.29) is 11.9 Å². The van der Waals surface area contributed by atoms with E-state index in [4.69, 9.17) is 4.74 Å². The Bertz CT molecular complexity index is 652. The lowest BCUT2D eigenvalue weighted by Gasteiger charge is -2.20. The number of amides is 1. The predicted octanol–water partition coefficient (Wildman–Crippen LogP) is 3.10. The zero-order valence-corrected chi connectivity index (χ0v) is 13.4. The van der Waals surface area contributed by atoms with Gasteiger partial charge < -0.3 is 10.1 Å². The van der Waals surface area contributed by atoms with Gasteiger partial charge in [0.2, 0.25) is 6.10 Å². The molecule has 1 amide bonds. The van der Waals surface area contributed by atoms with Crippen LogP contribution in [0.1, 0.15) is 47.0 Å². The second kappa shape index (κ2) is 7.37. The summed E-state index contributed by atoms with van der Waals surface area (Å²) in [5.74, 6) is -0.753. The van der Waals surface area contributed by atoms with Crippen LogP contribution < -0.4 is 5.32 Å². The van der Waals surface area contributed by atoms with Crippen molar-refractivity contribution < 1.29 is 14.3 Å². The van der Waals surface area contributed by atoms with Crippen LogP contribution in [0.3, 0.4) is 0 Å². The maximum atomic E-state index is 12.6. The molecular weight excluding hydrogens is 312 g/mol. The van der Waals surface area contributed by atoms with E-state index in [0.717, 1.165) is 25.7 Å². The highest BCUT2D eigenvalue weighted by molar-refractivity contribution is 7.11. The molecule has 0 saturated heterocycles. The number of aromatic nitrogens is 1. The van der Waals surface area contributed by atoms with Crippen LogP contribution in [0.5, 0.6) is 0 Å². The molecule has 6 heteroatoms. The lowest BCUT2D eigenvalue weighted by atomic mass is 10.1. The molecule has 5 nitrogen and oxygen atoms in total. The zero-order chi connectivity index (χ0) is 16.1. The Balaban J connectivity index is 1.76. The molecule has 1 N–H and O–H groups in total. The molecule has 2 aromatic heterocycles. The molecule has 1 saturated carbocycles. The van der Waals surface area contributed by atoms with E-state index in [1.54, 1.807) is 42.0 Å². The average molecular weight is 330 g/mol. The van der Waals surface area contributed by atoms with E-state index in [0.29, 0.717) is 10.4 Å². The molecule has 0 bridgehead atoms. The third-order valence-corrected chi connectivity index (χ3v) is 4.75. The van der Waals surface area contributed by atoms with Crippen LogP contribution in [0.25, 0.3) is 0 Å². The van der Waals surface area contributed by atoms with Gasteiger partial charge in [-0.25, -0.2) is 4.79 Å². The normalized spacial score (nSPS) is 16.0. The van der Waals surface area contributed by atoms with Crippen molar-refractivity contribution in [3.63, 3.8) is 0 Å². The highest BCUT2D eigenvalue weighted by Crippen LogP contribution is 2.23. The first kappa shape index (κ1) is 15.7. The van der Waals surface area contributed by atoms with Gasteiger partial charge >= 0.3 is 5.97 Å². The Labute approximate surface area is 138 Å². The summed E-state index contributed by atoms with van der Waals surface area (Å²) in [6.07, 6.45) is 6.43. The molecule has 0 unspecified atom stereocenters. The first-order valence-electron chi connectivity index (χ1n) is 7.69. The van der Waals surface area contributed by atoms with Crippen molar-refractivity contribution in [3.05, 3.63) is 52.5 Å². The molecule has 0 aliphatic heterocycles. The zero-order valence-electron chi connectivity index (χ0n) is 12.6. The molecule has 0 spiro atoms. The quantitative estimate of drug-likeness (QED) is 0.855. The van der Waals surface area contributed by atoms with Gasteiger partial charge in [0.05, 0.1) is 0 Å². The first-order valence-corrected chi connectivity index (χ1v) is 8.57. The summed E-state index contributed by atoms with van der Waals surface area (Å²) in [4.78, 5) is 29.3. The van der Waals surface area contributed by atoms with Gasteiger partial charge in [-0.3, -0.25) is 9.78 Å². The Kier molecular flexibility index (Phi) is 5.02. The minimum absolute atomic E-state index is 0.173. The van der Waals surface area contributed by atoms with Crippen molar-refractivity contribution in [1.29, 1.82) is 0 Å². The predicted molar refractivity (Wildman–Crippen MR) is 87.1 cm³/mol. The molecular formula is C17H18N2O3S. The molecule has 1 atom stereocenters. The van der Waals surface area contributed by atoms with Crippen LogP contribution in [0.2, 0.25) is 0 Å². The molecule has 1 fully saturated rings. The number of esters is 1. The maximum absolute atomic E-state index is 12.6. The lowest BCUT2D eigenvalue weighted by Crippen LogP contribution is -2.38. The van der Waals surface area contributed by atoms with E-state index in [1.165, 1.54) is 11.3 Å². The van der Waals surface area contributed by atoms with Crippen molar-refractivity contribution in [2.75, 3.05) is 0 Å². The van der Waals surface area contributed by atoms with E-state index in [2.05, 4.69) is 10.3 Å². The molecule has 0 aromatic carbocycles. The number of hydrogen-bond donors (Lipinski definition) is 1. The monoisotopic (exact) mass is 330 g/mol. The minimum atomic E-state index is -0.951. The van der Waals surface area contributed by atoms with Gasteiger partial charge in [-0.15, -0.1) is 11.3 Å². The lowest BCUT2D eigenvalue weighted by molar-refractivity contribution is -0.131. The number of thiophene rings is 1. The van der Waals surface area contributed by atoms with Crippen molar-refractivity contribution in [2.24, 2.45) is 0 Å². The van der Waals surface area contributed by atoms with Gasteiger partial charge in [0, 0.05) is 24.0 Å². The average Bonchev–Trinajstić information content (AvgIpc) is 3.26. The first-order chi connectivity index (χ1) is 11.2. The molecule has 23 heavy (non-hydrogen) atoms. The third kappa shape index (κ3) is 3.96. The highest BCUT2D eigenvalue weighted by atomic mass is 32.1. The van der Waals surface area contributed by atoms with E-state index < -0.39 is 12.1 Å². The van der Waals surface area contributed by atoms with Crippen molar-refractivity contribution in [1.82, 2.24) is 10.3 Å². The highest BCUT2D eigenvalue weighted by Gasteiger charge is 2.28. The SMILES string of the molecule is O=C(O[C@@H](C(=O)NC1CCCC1)c1ccncc1)c1cccs1. The van der Waals surface area contributed by atoms with Crippen LogP contribution in [-0.2, 0) is 9.53 Å². The summed E-state index contributed by atoms with van der Waals surface area (Å²) >= 11 is 1.29. The summed E-state index contributed by atoms with van der Waals surface area (Å²) in [7, 11) is 0. The Morgan fingerprint density at radius 2 is 1.96 bits per heavy atom. The number of rotatable bonds is 5. The van der Waals surface area contributed by atoms with E-state index in [9.17, 15) is 9.59 Å². The Hall–Kier alpha value is -2.21. The van der Waals surface area contributed by atoms with Gasteiger partial charge in [-0.1, -0.05) is 18.9 Å². The molecule has 1 aliphatic rings. The van der Waals surface area contributed by atoms with Gasteiger partial charge in [0.15, 0.2) is 0 Å². The summed E-state index contributed by atoms with van der Waals surface area (Å²) < 4.78 is 5.48. The number of carbonyl (C=O) groups excluding carboxylic acids is 2. The fraction of sp³-hybridized carbons (Fsp3) is 0.353. The largest absolute Gasteiger partial charge is 0.443 e. The minimum Gasteiger partial charge on any atom is -0.443 e. The van der Waals surface area contributed by atoms with E-state index >= 15 is 0 Å². The molecule has 120 valence electrons. The summed E-state index contributed by atoms with van der Waals surface area (Å²) in [6, 6.07) is 7.03. The fourth-order valence-corrected chi connectivity index (χ4v) is 3.32. The topological polar surface area (TPSA) is 68.3 Å². The van der Waals surface area contributed by atoms with Crippen LogP contribution in [0.15, 0.2) is 42.0 Å². The van der Waals surface area contributed by atoms with Gasteiger partial charge in [-0.05, 0) is 36.4 Å². The number of nitrogens with zero attached hydrogens (tertiary/aromatic N) is 1. The Morgan fingerprint density at radius 1 is 1.22 bits per heavy atom. The van der Waals surface area contributed by atoms with Crippen LogP contribution in [0.4, 0.5) is 0 Å². The number of nitrogens with one attached hydrogen (secondary N) is 1. The third-order valence-electron chi connectivity index (χ3n) is 3.90.